The molecule has 1 unspecified atom stereocenters. The van der Waals surface area contributed by atoms with Crippen LogP contribution in [0.3, 0.4) is 0 Å². The number of hydrogen-bond acceptors (Lipinski definition) is 3. The van der Waals surface area contributed by atoms with E-state index in [1.54, 1.807) is 0 Å². The molecular formula is C19H26N2O3. The molecule has 0 bridgehead atoms. The van der Waals surface area contributed by atoms with Gasteiger partial charge in [-0.25, -0.2) is 0 Å². The molecule has 0 aromatic heterocycles. The average Bonchev–Trinajstić information content (AvgIpc) is 3.24. The molecule has 5 heteroatoms. The van der Waals surface area contributed by atoms with Crippen LogP contribution in [0.25, 0.3) is 0 Å². The van der Waals surface area contributed by atoms with Gasteiger partial charge >= 0.3 is 0 Å². The van der Waals surface area contributed by atoms with Crippen molar-refractivity contribution in [2.45, 2.75) is 39.0 Å². The van der Waals surface area contributed by atoms with Crippen molar-refractivity contribution in [2.24, 2.45) is 11.8 Å². The van der Waals surface area contributed by atoms with Gasteiger partial charge in [-0.15, -0.1) is 0 Å². The van der Waals surface area contributed by atoms with Crippen molar-refractivity contribution in [3.05, 3.63) is 24.3 Å². The number of nitrogens with zero attached hydrogens (tertiary/aromatic N) is 1. The van der Waals surface area contributed by atoms with E-state index in [1.807, 2.05) is 36.1 Å². The van der Waals surface area contributed by atoms with Gasteiger partial charge in [0.2, 0.25) is 11.8 Å². The van der Waals surface area contributed by atoms with E-state index in [1.165, 1.54) is 0 Å². The normalized spacial score (nSPS) is 21.3. The highest BCUT2D eigenvalue weighted by Crippen LogP contribution is 2.27. The first kappa shape index (κ1) is 16.8. The summed E-state index contributed by atoms with van der Waals surface area (Å²) in [6, 6.07) is 7.62. The molecule has 5 nitrogen and oxygen atoms in total. The lowest BCUT2D eigenvalue weighted by Crippen LogP contribution is -2.34. The summed E-state index contributed by atoms with van der Waals surface area (Å²) < 4.78 is 5.43. The summed E-state index contributed by atoms with van der Waals surface area (Å²) in [7, 11) is 0. The first-order valence-electron chi connectivity index (χ1n) is 8.98. The Morgan fingerprint density at radius 2 is 1.96 bits per heavy atom. The second kappa shape index (κ2) is 7.69. The molecule has 1 atom stereocenters. The van der Waals surface area contributed by atoms with Crippen molar-refractivity contribution < 1.29 is 14.3 Å². The lowest BCUT2D eigenvalue weighted by atomic mass is 10.1. The number of carbonyl (C=O) groups excluding carboxylic acids is 2. The van der Waals surface area contributed by atoms with Crippen LogP contribution in [0.2, 0.25) is 0 Å². The largest absolute Gasteiger partial charge is 0.494 e. The molecule has 1 aromatic carbocycles. The monoisotopic (exact) mass is 330 g/mol. The van der Waals surface area contributed by atoms with Crippen LogP contribution in [0.5, 0.6) is 5.75 Å². The van der Waals surface area contributed by atoms with Crippen LogP contribution in [0.4, 0.5) is 5.69 Å². The third-order valence-corrected chi connectivity index (χ3v) is 4.96. The van der Waals surface area contributed by atoms with Crippen LogP contribution in [-0.2, 0) is 9.59 Å². The van der Waals surface area contributed by atoms with Crippen molar-refractivity contribution in [3.8, 4) is 5.75 Å². The van der Waals surface area contributed by atoms with Gasteiger partial charge in [-0.3, -0.25) is 9.59 Å². The minimum Gasteiger partial charge on any atom is -0.494 e. The van der Waals surface area contributed by atoms with Crippen LogP contribution >= 0.6 is 0 Å². The standard InChI is InChI=1S/C19H26N2O3/c1-2-24-17-9-7-16(8-10-17)21-13-14(11-18(21)22)12-20-19(23)15-5-3-4-6-15/h7-10,14-15H,2-6,11-13H2,1H3,(H,20,23). The van der Waals surface area contributed by atoms with E-state index >= 15 is 0 Å². The van der Waals surface area contributed by atoms with Gasteiger partial charge in [0.25, 0.3) is 0 Å². The van der Waals surface area contributed by atoms with Crippen LogP contribution in [0, 0.1) is 11.8 Å². The van der Waals surface area contributed by atoms with Crippen molar-refractivity contribution in [1.82, 2.24) is 5.32 Å². The van der Waals surface area contributed by atoms with E-state index in [4.69, 9.17) is 4.74 Å². The molecule has 0 spiro atoms. The smallest absolute Gasteiger partial charge is 0.227 e. The number of amides is 2. The zero-order valence-corrected chi connectivity index (χ0v) is 14.3. The van der Waals surface area contributed by atoms with Crippen molar-refractivity contribution in [1.29, 1.82) is 0 Å². The van der Waals surface area contributed by atoms with Crippen molar-refractivity contribution >= 4 is 17.5 Å². The SMILES string of the molecule is CCOc1ccc(N2CC(CNC(=O)C3CCCC3)CC2=O)cc1. The van der Waals surface area contributed by atoms with Crippen LogP contribution < -0.4 is 15.0 Å². The fraction of sp³-hybridized carbons (Fsp3) is 0.579. The minimum absolute atomic E-state index is 0.124. The van der Waals surface area contributed by atoms with E-state index < -0.39 is 0 Å². The highest BCUT2D eigenvalue weighted by molar-refractivity contribution is 5.95. The van der Waals surface area contributed by atoms with Gasteiger partial charge in [-0.05, 0) is 44.0 Å². The lowest BCUT2D eigenvalue weighted by Gasteiger charge is -2.18. The number of rotatable bonds is 6. The summed E-state index contributed by atoms with van der Waals surface area (Å²) >= 11 is 0. The minimum atomic E-state index is 0.124. The Morgan fingerprint density at radius 3 is 2.62 bits per heavy atom. The Bertz CT molecular complexity index is 579. The van der Waals surface area contributed by atoms with Crippen LogP contribution in [0.15, 0.2) is 24.3 Å². The van der Waals surface area contributed by atoms with E-state index in [-0.39, 0.29) is 23.7 Å². The van der Waals surface area contributed by atoms with Gasteiger partial charge in [0.1, 0.15) is 5.75 Å². The Hall–Kier alpha value is -2.04. The van der Waals surface area contributed by atoms with Gasteiger partial charge in [0.05, 0.1) is 6.61 Å². The summed E-state index contributed by atoms with van der Waals surface area (Å²) in [6.07, 6.45) is 4.83. The second-order valence-corrected chi connectivity index (χ2v) is 6.73. The fourth-order valence-corrected chi connectivity index (χ4v) is 3.63. The predicted octanol–water partition coefficient (Wildman–Crippen LogP) is 2.74. The molecular weight excluding hydrogens is 304 g/mol. The summed E-state index contributed by atoms with van der Waals surface area (Å²) in [5.41, 5.74) is 0.896. The Kier molecular flexibility index (Phi) is 5.38. The Labute approximate surface area is 143 Å². The van der Waals surface area contributed by atoms with Crippen LogP contribution in [-0.4, -0.2) is 31.5 Å². The molecule has 0 radical (unpaired) electrons. The third kappa shape index (κ3) is 3.89. The molecule has 130 valence electrons. The summed E-state index contributed by atoms with van der Waals surface area (Å²) in [4.78, 5) is 26.2. The van der Waals surface area contributed by atoms with Gasteiger partial charge in [-0.1, -0.05) is 12.8 Å². The van der Waals surface area contributed by atoms with E-state index in [0.29, 0.717) is 26.1 Å². The molecule has 1 aliphatic carbocycles. The van der Waals surface area contributed by atoms with Crippen LogP contribution in [0.1, 0.15) is 39.0 Å². The molecule has 1 saturated carbocycles. The molecule has 1 saturated heterocycles. The van der Waals surface area contributed by atoms with E-state index in [0.717, 1.165) is 37.1 Å². The zero-order valence-electron chi connectivity index (χ0n) is 14.3. The predicted molar refractivity (Wildman–Crippen MR) is 93.0 cm³/mol. The Balaban J connectivity index is 1.52. The van der Waals surface area contributed by atoms with Gasteiger partial charge in [0.15, 0.2) is 0 Å². The lowest BCUT2D eigenvalue weighted by molar-refractivity contribution is -0.125. The maximum absolute atomic E-state index is 12.3. The summed E-state index contributed by atoms with van der Waals surface area (Å²) in [6.45, 7) is 3.83. The highest BCUT2D eigenvalue weighted by atomic mass is 16.5. The Morgan fingerprint density at radius 1 is 1.25 bits per heavy atom. The van der Waals surface area contributed by atoms with E-state index in [9.17, 15) is 9.59 Å². The first-order valence-corrected chi connectivity index (χ1v) is 8.98. The second-order valence-electron chi connectivity index (χ2n) is 6.73. The summed E-state index contributed by atoms with van der Waals surface area (Å²) in [5, 5.41) is 3.05. The number of anilines is 1. The zero-order chi connectivity index (χ0) is 16.9. The molecule has 2 amide bonds. The maximum Gasteiger partial charge on any atom is 0.227 e. The highest BCUT2D eigenvalue weighted by Gasteiger charge is 2.31. The topological polar surface area (TPSA) is 58.6 Å². The average molecular weight is 330 g/mol. The summed E-state index contributed by atoms with van der Waals surface area (Å²) in [5.74, 6) is 1.48. The maximum atomic E-state index is 12.3. The quantitative estimate of drug-likeness (QED) is 0.872. The molecule has 3 rings (SSSR count). The number of ether oxygens (including phenoxy) is 1. The number of benzene rings is 1. The van der Waals surface area contributed by atoms with E-state index in [2.05, 4.69) is 5.32 Å². The molecule has 24 heavy (non-hydrogen) atoms. The number of carbonyl (C=O) groups is 2. The van der Waals surface area contributed by atoms with Gasteiger partial charge in [0, 0.05) is 37.0 Å². The molecule has 1 aliphatic heterocycles. The molecule has 2 aliphatic rings. The van der Waals surface area contributed by atoms with Crippen molar-refractivity contribution in [3.63, 3.8) is 0 Å². The molecule has 1 N–H and O–H groups in total. The number of hydrogen-bond donors (Lipinski definition) is 1. The van der Waals surface area contributed by atoms with Crippen molar-refractivity contribution in [2.75, 3.05) is 24.6 Å². The van der Waals surface area contributed by atoms with Gasteiger partial charge < -0.3 is 15.0 Å². The van der Waals surface area contributed by atoms with Gasteiger partial charge in [-0.2, -0.15) is 0 Å². The molecule has 2 fully saturated rings. The first-order chi connectivity index (χ1) is 11.7. The fourth-order valence-electron chi connectivity index (χ4n) is 3.63. The third-order valence-electron chi connectivity index (χ3n) is 4.96. The molecule has 1 aromatic rings. The number of nitrogens with one attached hydrogen (secondary N) is 1. The molecule has 1 heterocycles.